The Morgan fingerprint density at radius 1 is 1.04 bits per heavy atom. The number of carbonyl (C=O) groups is 1. The lowest BCUT2D eigenvalue weighted by Gasteiger charge is -2.34. The maximum absolute atomic E-state index is 13.3. The highest BCUT2D eigenvalue weighted by atomic mass is 19.1. The molecule has 0 radical (unpaired) electrons. The molecule has 1 amide bonds. The quantitative estimate of drug-likeness (QED) is 0.732. The van der Waals surface area contributed by atoms with E-state index in [0.717, 1.165) is 24.2 Å². The van der Waals surface area contributed by atoms with Gasteiger partial charge < -0.3 is 15.1 Å². The van der Waals surface area contributed by atoms with Gasteiger partial charge in [0.05, 0.1) is 5.52 Å². The van der Waals surface area contributed by atoms with E-state index in [1.807, 2.05) is 11.0 Å². The topological polar surface area (TPSA) is 74.2 Å². The molecule has 7 nitrogen and oxygen atoms in total. The zero-order chi connectivity index (χ0) is 19.3. The summed E-state index contributed by atoms with van der Waals surface area (Å²) in [5.74, 6) is 0.509. The normalized spacial score (nSPS) is 14.3. The second kappa shape index (κ2) is 8.16. The Morgan fingerprint density at radius 2 is 1.82 bits per heavy atom. The van der Waals surface area contributed by atoms with E-state index >= 15 is 0 Å². The molecule has 1 aliphatic rings. The van der Waals surface area contributed by atoms with E-state index < -0.39 is 0 Å². The summed E-state index contributed by atoms with van der Waals surface area (Å²) in [6, 6.07) is 8.15. The lowest BCUT2D eigenvalue weighted by atomic mass is 10.2. The Hall–Kier alpha value is -3.29. The number of nitrogens with one attached hydrogen (secondary N) is 1. The molecular formula is C20H21FN6O. The van der Waals surface area contributed by atoms with E-state index in [9.17, 15) is 9.18 Å². The molecule has 1 saturated heterocycles. The van der Waals surface area contributed by atoms with Crippen molar-refractivity contribution in [2.24, 2.45) is 0 Å². The smallest absolute Gasteiger partial charge is 0.225 e. The molecule has 0 saturated carbocycles. The van der Waals surface area contributed by atoms with Crippen molar-refractivity contribution in [3.63, 3.8) is 0 Å². The fourth-order valence-electron chi connectivity index (χ4n) is 3.35. The number of pyridine rings is 1. The Bertz CT molecular complexity index is 959. The van der Waals surface area contributed by atoms with Crippen molar-refractivity contribution in [2.45, 2.75) is 6.42 Å². The van der Waals surface area contributed by atoms with Gasteiger partial charge in [-0.1, -0.05) is 0 Å². The average molecular weight is 380 g/mol. The predicted molar refractivity (Wildman–Crippen MR) is 106 cm³/mol. The number of piperazine rings is 1. The van der Waals surface area contributed by atoms with Crippen molar-refractivity contribution >= 4 is 28.4 Å². The van der Waals surface area contributed by atoms with Gasteiger partial charge >= 0.3 is 0 Å². The minimum Gasteiger partial charge on any atom is -0.384 e. The second-order valence-electron chi connectivity index (χ2n) is 6.61. The fourth-order valence-corrected chi connectivity index (χ4v) is 3.35. The number of benzene rings is 1. The summed E-state index contributed by atoms with van der Waals surface area (Å²) in [6.07, 6.45) is 5.48. The first kappa shape index (κ1) is 18.1. The van der Waals surface area contributed by atoms with E-state index in [2.05, 4.69) is 25.2 Å². The molecule has 8 heteroatoms. The van der Waals surface area contributed by atoms with E-state index in [-0.39, 0.29) is 11.7 Å². The third-order valence-electron chi connectivity index (χ3n) is 4.83. The summed E-state index contributed by atoms with van der Waals surface area (Å²) in [5.41, 5.74) is 1.44. The fraction of sp³-hybridized carbons (Fsp3) is 0.300. The van der Waals surface area contributed by atoms with Gasteiger partial charge in [-0.05, 0) is 24.3 Å². The molecule has 1 aromatic carbocycles. The lowest BCUT2D eigenvalue weighted by molar-refractivity contribution is -0.131. The number of hydrogen-bond donors (Lipinski definition) is 1. The number of carbonyl (C=O) groups excluding carboxylic acids is 1. The molecular weight excluding hydrogens is 359 g/mol. The summed E-state index contributed by atoms with van der Waals surface area (Å²) in [5, 5.41) is 4.11. The Labute approximate surface area is 162 Å². The third kappa shape index (κ3) is 4.00. The summed E-state index contributed by atoms with van der Waals surface area (Å²) in [4.78, 5) is 29.2. The van der Waals surface area contributed by atoms with Gasteiger partial charge in [0, 0.05) is 74.9 Å². The van der Waals surface area contributed by atoms with Gasteiger partial charge in [0.15, 0.2) is 0 Å². The van der Waals surface area contributed by atoms with Crippen LogP contribution in [0.25, 0.3) is 10.9 Å². The molecule has 0 unspecified atom stereocenters. The van der Waals surface area contributed by atoms with Crippen LogP contribution in [0.15, 0.2) is 48.9 Å². The molecule has 144 valence electrons. The number of aromatic nitrogens is 3. The van der Waals surface area contributed by atoms with Gasteiger partial charge in [-0.25, -0.2) is 14.4 Å². The van der Waals surface area contributed by atoms with E-state index in [0.29, 0.717) is 37.5 Å². The van der Waals surface area contributed by atoms with Gasteiger partial charge in [0.1, 0.15) is 5.82 Å². The van der Waals surface area contributed by atoms with Crippen LogP contribution in [0.2, 0.25) is 0 Å². The highest BCUT2D eigenvalue weighted by molar-refractivity contribution is 5.91. The largest absolute Gasteiger partial charge is 0.384 e. The zero-order valence-corrected chi connectivity index (χ0v) is 15.4. The molecule has 28 heavy (non-hydrogen) atoms. The summed E-state index contributed by atoms with van der Waals surface area (Å²) >= 11 is 0. The molecule has 0 atom stereocenters. The minimum absolute atomic E-state index is 0.116. The highest BCUT2D eigenvalue weighted by Gasteiger charge is 2.22. The highest BCUT2D eigenvalue weighted by Crippen LogP contribution is 2.22. The summed E-state index contributed by atoms with van der Waals surface area (Å²) in [6.45, 7) is 3.29. The van der Waals surface area contributed by atoms with Gasteiger partial charge in [-0.3, -0.25) is 9.78 Å². The van der Waals surface area contributed by atoms with E-state index in [4.69, 9.17) is 0 Å². The van der Waals surface area contributed by atoms with Crippen molar-refractivity contribution < 1.29 is 9.18 Å². The minimum atomic E-state index is -0.313. The van der Waals surface area contributed by atoms with Crippen LogP contribution < -0.4 is 10.2 Å². The number of rotatable bonds is 5. The van der Waals surface area contributed by atoms with Crippen molar-refractivity contribution in [1.82, 2.24) is 19.9 Å². The van der Waals surface area contributed by atoms with Crippen LogP contribution >= 0.6 is 0 Å². The second-order valence-corrected chi connectivity index (χ2v) is 6.61. The zero-order valence-electron chi connectivity index (χ0n) is 15.4. The van der Waals surface area contributed by atoms with Gasteiger partial charge in [0.2, 0.25) is 11.9 Å². The van der Waals surface area contributed by atoms with Gasteiger partial charge in [0.25, 0.3) is 0 Å². The standard InChI is InChI=1S/C20H21FN6O/c21-15-2-3-16-17(4-8-23-18(16)14-15)22-9-5-19(28)26-10-12-27(13-11-26)20-24-6-1-7-25-20/h1-4,6-8,14H,5,9-13H2,(H,22,23). The Morgan fingerprint density at radius 3 is 2.61 bits per heavy atom. The number of halogens is 1. The van der Waals surface area contributed by atoms with Gasteiger partial charge in [-0.15, -0.1) is 0 Å². The van der Waals surface area contributed by atoms with Crippen molar-refractivity contribution in [3.8, 4) is 0 Å². The molecule has 4 rings (SSSR count). The number of hydrogen-bond acceptors (Lipinski definition) is 6. The maximum atomic E-state index is 13.3. The van der Waals surface area contributed by atoms with Crippen LogP contribution in [-0.4, -0.2) is 58.5 Å². The van der Waals surface area contributed by atoms with Crippen LogP contribution in [-0.2, 0) is 4.79 Å². The molecule has 1 fully saturated rings. The van der Waals surface area contributed by atoms with Crippen LogP contribution in [0.1, 0.15) is 6.42 Å². The number of anilines is 2. The van der Waals surface area contributed by atoms with Crippen molar-refractivity contribution in [1.29, 1.82) is 0 Å². The maximum Gasteiger partial charge on any atom is 0.225 e. The summed E-state index contributed by atoms with van der Waals surface area (Å²) < 4.78 is 13.3. The predicted octanol–water partition coefficient (Wildman–Crippen LogP) is 2.31. The molecule has 1 N–H and O–H groups in total. The van der Waals surface area contributed by atoms with Crippen LogP contribution in [0.4, 0.5) is 16.0 Å². The molecule has 0 aliphatic carbocycles. The Kier molecular flexibility index (Phi) is 5.27. The van der Waals surface area contributed by atoms with E-state index in [1.165, 1.54) is 12.1 Å². The van der Waals surface area contributed by atoms with Crippen LogP contribution in [0.5, 0.6) is 0 Å². The first-order valence-electron chi connectivity index (χ1n) is 9.28. The first-order chi connectivity index (χ1) is 13.7. The molecule has 3 aromatic rings. The van der Waals surface area contributed by atoms with Gasteiger partial charge in [-0.2, -0.15) is 0 Å². The molecule has 3 heterocycles. The SMILES string of the molecule is O=C(CCNc1ccnc2cc(F)ccc12)N1CCN(c2ncccn2)CC1. The Balaban J connectivity index is 1.29. The lowest BCUT2D eigenvalue weighted by Crippen LogP contribution is -2.49. The average Bonchev–Trinajstić information content (AvgIpc) is 2.74. The van der Waals surface area contributed by atoms with Crippen molar-refractivity contribution in [3.05, 3.63) is 54.7 Å². The molecule has 0 spiro atoms. The van der Waals surface area contributed by atoms with Crippen molar-refractivity contribution in [2.75, 3.05) is 42.9 Å². The van der Waals surface area contributed by atoms with Crippen LogP contribution in [0.3, 0.4) is 0 Å². The summed E-state index contributed by atoms with van der Waals surface area (Å²) in [7, 11) is 0. The third-order valence-corrected chi connectivity index (χ3v) is 4.83. The monoisotopic (exact) mass is 380 g/mol. The molecule has 0 bridgehead atoms. The molecule has 1 aliphatic heterocycles. The van der Waals surface area contributed by atoms with Crippen LogP contribution in [0, 0.1) is 5.82 Å². The number of amides is 1. The van der Waals surface area contributed by atoms with E-state index in [1.54, 1.807) is 30.7 Å². The first-order valence-corrected chi connectivity index (χ1v) is 9.28. The number of fused-ring (bicyclic) bond motifs is 1. The molecule has 2 aromatic heterocycles. The number of nitrogens with zero attached hydrogens (tertiary/aromatic N) is 5.